The smallest absolute Gasteiger partial charge is 0.238 e. The van der Waals surface area contributed by atoms with Crippen LogP contribution in [0.5, 0.6) is 0 Å². The Bertz CT molecular complexity index is 594. The Balaban J connectivity index is 1.79. The van der Waals surface area contributed by atoms with Crippen molar-refractivity contribution in [1.82, 2.24) is 0 Å². The van der Waals surface area contributed by atoms with Gasteiger partial charge >= 0.3 is 0 Å². The molecule has 0 aromatic heterocycles. The molecule has 2 aliphatic carbocycles. The van der Waals surface area contributed by atoms with Crippen LogP contribution in [0, 0.1) is 29.5 Å². The second-order valence-electron chi connectivity index (χ2n) is 5.46. The van der Waals surface area contributed by atoms with Gasteiger partial charge in [-0.25, -0.2) is 9.29 Å². The molecule has 4 atom stereocenters. The van der Waals surface area contributed by atoms with Gasteiger partial charge in [-0.1, -0.05) is 24.3 Å². The van der Waals surface area contributed by atoms with Crippen LogP contribution in [0.25, 0.3) is 0 Å². The summed E-state index contributed by atoms with van der Waals surface area (Å²) in [7, 11) is 0. The number of anilines is 1. The van der Waals surface area contributed by atoms with Gasteiger partial charge in [0.1, 0.15) is 5.82 Å². The highest BCUT2D eigenvalue weighted by atomic mass is 19.1. The van der Waals surface area contributed by atoms with Crippen molar-refractivity contribution in [3.63, 3.8) is 0 Å². The number of para-hydroxylation sites is 1. The number of hydrogen-bond acceptors (Lipinski definition) is 2. The number of fused-ring (bicyclic) bond motifs is 5. The van der Waals surface area contributed by atoms with Crippen LogP contribution >= 0.6 is 0 Å². The molecule has 3 aliphatic rings. The SMILES string of the molecule is O=C1[C@@H]2[C@H](C(=O)N1c1ccccc1F)[C@@H]1C=C[C@H]2C1. The van der Waals surface area contributed by atoms with E-state index in [2.05, 4.69) is 0 Å². The topological polar surface area (TPSA) is 37.4 Å². The predicted molar refractivity (Wildman–Crippen MR) is 66.6 cm³/mol. The molecular weight excluding hydrogens is 245 g/mol. The molecule has 96 valence electrons. The summed E-state index contributed by atoms with van der Waals surface area (Å²) in [4.78, 5) is 25.9. The molecular formula is C15H12FNO2. The van der Waals surface area contributed by atoms with Gasteiger partial charge in [-0.2, -0.15) is 0 Å². The molecule has 2 bridgehead atoms. The molecule has 1 aromatic carbocycles. The molecule has 19 heavy (non-hydrogen) atoms. The van der Waals surface area contributed by atoms with Crippen LogP contribution < -0.4 is 4.90 Å². The highest BCUT2D eigenvalue weighted by Gasteiger charge is 2.59. The third-order valence-electron chi connectivity index (χ3n) is 4.56. The largest absolute Gasteiger partial charge is 0.274 e. The number of amides is 2. The van der Waals surface area contributed by atoms with Gasteiger partial charge in [-0.3, -0.25) is 9.59 Å². The third-order valence-corrected chi connectivity index (χ3v) is 4.56. The minimum Gasteiger partial charge on any atom is -0.274 e. The van der Waals surface area contributed by atoms with E-state index in [9.17, 15) is 14.0 Å². The molecule has 1 saturated carbocycles. The van der Waals surface area contributed by atoms with Crippen molar-refractivity contribution >= 4 is 17.5 Å². The Morgan fingerprint density at radius 1 is 1.00 bits per heavy atom. The average molecular weight is 257 g/mol. The molecule has 0 radical (unpaired) electrons. The van der Waals surface area contributed by atoms with Crippen LogP contribution in [0.1, 0.15) is 6.42 Å². The quantitative estimate of drug-likeness (QED) is 0.571. The van der Waals surface area contributed by atoms with Gasteiger partial charge in [0, 0.05) is 0 Å². The first-order chi connectivity index (χ1) is 9.18. The Morgan fingerprint density at radius 3 is 2.16 bits per heavy atom. The van der Waals surface area contributed by atoms with Gasteiger partial charge < -0.3 is 0 Å². The van der Waals surface area contributed by atoms with Crippen LogP contribution in [-0.4, -0.2) is 11.8 Å². The minimum atomic E-state index is -0.524. The van der Waals surface area contributed by atoms with E-state index in [0.29, 0.717) is 0 Å². The van der Waals surface area contributed by atoms with Gasteiger partial charge in [0.2, 0.25) is 11.8 Å². The predicted octanol–water partition coefficient (Wildman–Crippen LogP) is 2.14. The first-order valence-corrected chi connectivity index (χ1v) is 6.49. The maximum Gasteiger partial charge on any atom is 0.238 e. The van der Waals surface area contributed by atoms with Gasteiger partial charge in [0.05, 0.1) is 17.5 Å². The van der Waals surface area contributed by atoms with Crippen LogP contribution in [0.4, 0.5) is 10.1 Å². The lowest BCUT2D eigenvalue weighted by molar-refractivity contribution is -0.123. The number of halogens is 1. The monoisotopic (exact) mass is 257 g/mol. The molecule has 2 amide bonds. The van der Waals surface area contributed by atoms with Crippen molar-refractivity contribution in [3.8, 4) is 0 Å². The van der Waals surface area contributed by atoms with E-state index in [1.807, 2.05) is 12.2 Å². The second-order valence-corrected chi connectivity index (χ2v) is 5.46. The molecule has 0 N–H and O–H groups in total. The van der Waals surface area contributed by atoms with Gasteiger partial charge in [-0.15, -0.1) is 0 Å². The minimum absolute atomic E-state index is 0.0892. The van der Waals surface area contributed by atoms with Crippen molar-refractivity contribution in [2.45, 2.75) is 6.42 Å². The summed E-state index contributed by atoms with van der Waals surface area (Å²) in [6.07, 6.45) is 4.95. The van der Waals surface area contributed by atoms with Crippen LogP contribution in [0.2, 0.25) is 0 Å². The number of nitrogens with zero attached hydrogens (tertiary/aromatic N) is 1. The Labute approximate surface area is 109 Å². The normalized spacial score (nSPS) is 35.3. The summed E-state index contributed by atoms with van der Waals surface area (Å²) in [5, 5.41) is 0. The molecule has 1 aliphatic heterocycles. The van der Waals surface area contributed by atoms with E-state index < -0.39 is 5.82 Å². The van der Waals surface area contributed by atoms with Gasteiger partial charge in [0.25, 0.3) is 0 Å². The standard InChI is InChI=1S/C15H12FNO2/c16-10-3-1-2-4-11(10)17-14(18)12-8-5-6-9(7-8)13(12)15(17)19/h1-6,8-9,12-13H,7H2/t8-,9+,12-,13+. The number of benzene rings is 1. The van der Waals surface area contributed by atoms with E-state index >= 15 is 0 Å². The van der Waals surface area contributed by atoms with Crippen molar-refractivity contribution in [2.75, 3.05) is 4.90 Å². The molecule has 1 saturated heterocycles. The van der Waals surface area contributed by atoms with E-state index in [-0.39, 0.29) is 41.2 Å². The van der Waals surface area contributed by atoms with Gasteiger partial charge in [0.15, 0.2) is 0 Å². The van der Waals surface area contributed by atoms with E-state index in [4.69, 9.17) is 0 Å². The average Bonchev–Trinajstić information content (AvgIpc) is 3.06. The fraction of sp³-hybridized carbons (Fsp3) is 0.333. The van der Waals surface area contributed by atoms with Crippen LogP contribution in [0.3, 0.4) is 0 Å². The second kappa shape index (κ2) is 3.53. The van der Waals surface area contributed by atoms with Gasteiger partial charge in [-0.05, 0) is 30.4 Å². The molecule has 3 nitrogen and oxygen atoms in total. The number of rotatable bonds is 1. The third kappa shape index (κ3) is 1.26. The van der Waals surface area contributed by atoms with E-state index in [0.717, 1.165) is 11.3 Å². The van der Waals surface area contributed by atoms with Crippen molar-refractivity contribution in [1.29, 1.82) is 0 Å². The fourth-order valence-corrected chi connectivity index (χ4v) is 3.77. The highest BCUT2D eigenvalue weighted by molar-refractivity contribution is 6.22. The summed E-state index contributed by atoms with van der Waals surface area (Å²) in [5.74, 6) is -1.24. The molecule has 2 fully saturated rings. The number of hydrogen-bond donors (Lipinski definition) is 0. The zero-order valence-corrected chi connectivity index (χ0v) is 10.1. The molecule has 0 unspecified atom stereocenters. The Morgan fingerprint density at radius 2 is 1.58 bits per heavy atom. The maximum atomic E-state index is 13.8. The fourth-order valence-electron chi connectivity index (χ4n) is 3.77. The Hall–Kier alpha value is -1.97. The molecule has 4 heteroatoms. The number of carbonyl (C=O) groups excluding carboxylic acids is 2. The first-order valence-electron chi connectivity index (χ1n) is 6.49. The lowest BCUT2D eigenvalue weighted by Crippen LogP contribution is -2.33. The van der Waals surface area contributed by atoms with Crippen molar-refractivity contribution in [3.05, 3.63) is 42.2 Å². The summed E-state index contributed by atoms with van der Waals surface area (Å²) in [6.45, 7) is 0. The summed E-state index contributed by atoms with van der Waals surface area (Å²) in [5.41, 5.74) is 0.0892. The lowest BCUT2D eigenvalue weighted by Gasteiger charge is -2.17. The zero-order chi connectivity index (χ0) is 13.1. The number of allylic oxidation sites excluding steroid dienone is 2. The summed E-state index contributed by atoms with van der Waals surface area (Å²) < 4.78 is 13.8. The first kappa shape index (κ1) is 10.9. The molecule has 1 heterocycles. The Kier molecular flexibility index (Phi) is 2.03. The maximum absolute atomic E-state index is 13.8. The molecule has 0 spiro atoms. The lowest BCUT2D eigenvalue weighted by atomic mass is 9.85. The van der Waals surface area contributed by atoms with E-state index in [1.165, 1.54) is 12.1 Å². The van der Waals surface area contributed by atoms with Crippen LogP contribution in [0.15, 0.2) is 36.4 Å². The number of imide groups is 1. The summed E-state index contributed by atoms with van der Waals surface area (Å²) >= 11 is 0. The molecule has 1 aromatic rings. The zero-order valence-electron chi connectivity index (χ0n) is 10.1. The molecule has 4 rings (SSSR count). The highest BCUT2D eigenvalue weighted by Crippen LogP contribution is 2.53. The van der Waals surface area contributed by atoms with E-state index in [1.54, 1.807) is 12.1 Å². The van der Waals surface area contributed by atoms with Crippen LogP contribution in [-0.2, 0) is 9.59 Å². The summed E-state index contributed by atoms with van der Waals surface area (Å²) in [6, 6.07) is 5.95. The number of carbonyl (C=O) groups is 2. The van der Waals surface area contributed by atoms with Crippen molar-refractivity contribution < 1.29 is 14.0 Å². The van der Waals surface area contributed by atoms with Crippen molar-refractivity contribution in [2.24, 2.45) is 23.7 Å².